The van der Waals surface area contributed by atoms with Crippen molar-refractivity contribution in [2.45, 2.75) is 154 Å². The Morgan fingerprint density at radius 3 is 1.32 bits per heavy atom. The van der Waals surface area contributed by atoms with Crippen LogP contribution in [0.15, 0.2) is 0 Å². The number of hydrogen-bond donors (Lipinski definition) is 0. The van der Waals surface area contributed by atoms with Crippen LogP contribution in [-0.4, -0.2) is 20.5 Å². The van der Waals surface area contributed by atoms with Gasteiger partial charge in [0.05, 0.1) is 6.61 Å². The van der Waals surface area contributed by atoms with Gasteiger partial charge in [-0.3, -0.25) is 4.18 Å². The molecule has 31 heavy (non-hydrogen) atoms. The number of unbranched alkanes of at least 4 members (excludes halogenated alkanes) is 18. The average molecular weight is 459 g/mol. The molecule has 0 N–H and O–H groups in total. The second kappa shape index (κ2) is 25.1. The van der Waals surface area contributed by atoms with E-state index in [2.05, 4.69) is 13.8 Å². The molecule has 0 aliphatic heterocycles. The van der Waals surface area contributed by atoms with Crippen LogP contribution in [0.5, 0.6) is 0 Å². The van der Waals surface area contributed by atoms with Crippen molar-refractivity contribution in [3.8, 4) is 0 Å². The summed E-state index contributed by atoms with van der Waals surface area (Å²) in [4.78, 5) is 0. The van der Waals surface area contributed by atoms with Crippen molar-refractivity contribution in [1.29, 1.82) is 0 Å². The van der Waals surface area contributed by atoms with Gasteiger partial charge in [0.2, 0.25) is 5.50 Å². The molecule has 0 spiro atoms. The first-order chi connectivity index (χ1) is 14.5. The van der Waals surface area contributed by atoms with E-state index in [9.17, 15) is 12.8 Å². The molecule has 0 aromatic heterocycles. The standard InChI is InChI=1S/C25H51FO3S.Li.H/c1-3-5-7-9-11-13-14-15-16-18-20-22-24-29-30(27,28)25(26)23-21-19-17-12-10-8-6-4-2;;/h25H,3-24H2,1-2H3;;/q;+1;-1. The van der Waals surface area contributed by atoms with E-state index in [4.69, 9.17) is 4.18 Å². The molecule has 0 saturated heterocycles. The molecular weight excluding hydrogens is 406 g/mol. The summed E-state index contributed by atoms with van der Waals surface area (Å²) >= 11 is 0. The zero-order valence-electron chi connectivity index (χ0n) is 22.1. The first kappa shape index (κ1) is 33.6. The Morgan fingerprint density at radius 2 is 0.935 bits per heavy atom. The Labute approximate surface area is 207 Å². The van der Waals surface area contributed by atoms with Crippen molar-refractivity contribution in [2.75, 3.05) is 6.61 Å². The molecule has 0 aliphatic rings. The number of rotatable bonds is 24. The Morgan fingerprint density at radius 1 is 0.613 bits per heavy atom. The van der Waals surface area contributed by atoms with Gasteiger partial charge in [-0.15, -0.1) is 0 Å². The van der Waals surface area contributed by atoms with E-state index in [1.54, 1.807) is 0 Å². The van der Waals surface area contributed by atoms with Gasteiger partial charge in [-0.25, -0.2) is 4.39 Å². The summed E-state index contributed by atoms with van der Waals surface area (Å²) in [6.07, 6.45) is 23.5. The summed E-state index contributed by atoms with van der Waals surface area (Å²) in [5.74, 6) is 0. The summed E-state index contributed by atoms with van der Waals surface area (Å²) < 4.78 is 42.6. The Kier molecular flexibility index (Phi) is 27.2. The second-order valence-electron chi connectivity index (χ2n) is 8.88. The summed E-state index contributed by atoms with van der Waals surface area (Å²) in [6, 6.07) is 0. The minimum atomic E-state index is -4.05. The van der Waals surface area contributed by atoms with Gasteiger partial charge in [-0.05, 0) is 19.3 Å². The van der Waals surface area contributed by atoms with Crippen LogP contribution in [0.1, 0.15) is 150 Å². The molecule has 0 aliphatic carbocycles. The predicted octanol–water partition coefficient (Wildman–Crippen LogP) is 5.98. The van der Waals surface area contributed by atoms with E-state index in [0.29, 0.717) is 12.8 Å². The van der Waals surface area contributed by atoms with Crippen molar-refractivity contribution in [3.63, 3.8) is 0 Å². The van der Waals surface area contributed by atoms with Crippen LogP contribution in [0.2, 0.25) is 0 Å². The maximum atomic E-state index is 14.0. The molecule has 1 unspecified atom stereocenters. The first-order valence-electron chi connectivity index (χ1n) is 13.1. The van der Waals surface area contributed by atoms with Crippen LogP contribution in [0.25, 0.3) is 0 Å². The van der Waals surface area contributed by atoms with Crippen molar-refractivity contribution in [3.05, 3.63) is 0 Å². The molecule has 184 valence electrons. The first-order valence-corrected chi connectivity index (χ1v) is 14.5. The molecule has 0 saturated carbocycles. The molecule has 0 fully saturated rings. The van der Waals surface area contributed by atoms with Gasteiger partial charge in [-0.1, -0.05) is 129 Å². The minimum absolute atomic E-state index is 0. The zero-order valence-corrected chi connectivity index (χ0v) is 22.0. The number of hydrogen-bond acceptors (Lipinski definition) is 3. The maximum absolute atomic E-state index is 14.0. The smallest absolute Gasteiger partial charge is 1.00 e. The Hall–Kier alpha value is 0.437. The zero-order chi connectivity index (χ0) is 22.3. The topological polar surface area (TPSA) is 43.4 Å². The van der Waals surface area contributed by atoms with Gasteiger partial charge in [0, 0.05) is 0 Å². The van der Waals surface area contributed by atoms with Gasteiger partial charge in [0.1, 0.15) is 0 Å². The molecule has 0 aromatic rings. The molecule has 0 amide bonds. The van der Waals surface area contributed by atoms with Crippen LogP contribution < -0.4 is 18.9 Å². The predicted molar refractivity (Wildman–Crippen MR) is 129 cm³/mol. The van der Waals surface area contributed by atoms with Gasteiger partial charge < -0.3 is 1.43 Å². The molecule has 1 atom stereocenters. The normalized spacial score (nSPS) is 12.6. The molecule has 0 bridgehead atoms. The molecule has 0 radical (unpaired) electrons. The molecule has 6 heteroatoms. The average Bonchev–Trinajstić information content (AvgIpc) is 2.73. The quantitative estimate of drug-likeness (QED) is 0.102. The van der Waals surface area contributed by atoms with Gasteiger partial charge >= 0.3 is 18.9 Å². The second-order valence-corrected chi connectivity index (χ2v) is 10.6. The summed E-state index contributed by atoms with van der Waals surface area (Å²) in [6.45, 7) is 4.56. The third-order valence-electron chi connectivity index (χ3n) is 5.84. The molecule has 0 rings (SSSR count). The van der Waals surface area contributed by atoms with Crippen LogP contribution in [0.3, 0.4) is 0 Å². The number of alkyl halides is 1. The van der Waals surface area contributed by atoms with Crippen molar-refractivity contribution in [2.24, 2.45) is 0 Å². The van der Waals surface area contributed by atoms with Crippen LogP contribution >= 0.6 is 0 Å². The minimum Gasteiger partial charge on any atom is -1.00 e. The van der Waals surface area contributed by atoms with E-state index >= 15 is 0 Å². The SMILES string of the molecule is CCCCCCCCCCCCCCOS(=O)(=O)C(F)CCCCCCCCCC.[H-].[Li+]. The third-order valence-corrected chi connectivity index (χ3v) is 7.20. The Balaban J connectivity index is -0.00000420. The third kappa shape index (κ3) is 23.4. The van der Waals surface area contributed by atoms with E-state index in [-0.39, 0.29) is 33.3 Å². The molecule has 0 aromatic carbocycles. The fourth-order valence-corrected chi connectivity index (χ4v) is 4.73. The van der Waals surface area contributed by atoms with Crippen molar-refractivity contribution < 1.29 is 37.3 Å². The van der Waals surface area contributed by atoms with Crippen molar-refractivity contribution >= 4 is 10.1 Å². The largest absolute Gasteiger partial charge is 1.00 e. The molecular formula is C25H52FLiO3S. The number of halogens is 1. The van der Waals surface area contributed by atoms with Crippen LogP contribution in [0.4, 0.5) is 4.39 Å². The van der Waals surface area contributed by atoms with Gasteiger partial charge in [0.25, 0.3) is 10.1 Å². The Bertz CT molecular complexity index is 452. The van der Waals surface area contributed by atoms with E-state index in [0.717, 1.165) is 25.7 Å². The summed E-state index contributed by atoms with van der Waals surface area (Å²) in [7, 11) is -4.05. The van der Waals surface area contributed by atoms with Crippen LogP contribution in [-0.2, 0) is 14.3 Å². The molecule has 0 heterocycles. The van der Waals surface area contributed by atoms with E-state index in [1.165, 1.54) is 89.9 Å². The summed E-state index contributed by atoms with van der Waals surface area (Å²) in [5.41, 5.74) is -1.87. The van der Waals surface area contributed by atoms with E-state index < -0.39 is 15.6 Å². The van der Waals surface area contributed by atoms with E-state index in [1.807, 2.05) is 0 Å². The fraction of sp³-hybridized carbons (Fsp3) is 1.00. The van der Waals surface area contributed by atoms with Crippen LogP contribution in [0, 0.1) is 0 Å². The summed E-state index contributed by atoms with van der Waals surface area (Å²) in [5, 5.41) is 0. The van der Waals surface area contributed by atoms with Gasteiger partial charge in [0.15, 0.2) is 0 Å². The van der Waals surface area contributed by atoms with Crippen molar-refractivity contribution in [1.82, 2.24) is 0 Å². The maximum Gasteiger partial charge on any atom is 1.00 e. The monoisotopic (exact) mass is 458 g/mol. The molecule has 3 nitrogen and oxygen atoms in total. The fourth-order valence-electron chi connectivity index (χ4n) is 3.78. The van der Waals surface area contributed by atoms with Gasteiger partial charge in [-0.2, -0.15) is 8.42 Å².